The number of hydrogen-bond donors (Lipinski definition) is 0. The molecule has 1 unspecified atom stereocenters. The van der Waals surface area contributed by atoms with E-state index in [2.05, 4.69) is 167 Å². The van der Waals surface area contributed by atoms with Crippen molar-refractivity contribution in [3.8, 4) is 0 Å². The minimum Gasteiger partial charge on any atom is -0.462 e. The third kappa shape index (κ3) is 57.8. The summed E-state index contributed by atoms with van der Waals surface area (Å²) in [4.78, 5) is 38.1. The number of ether oxygens (including phenoxy) is 3. The van der Waals surface area contributed by atoms with E-state index in [-0.39, 0.29) is 31.6 Å². The molecule has 0 aliphatic rings. The number of carbonyl (C=O) groups is 3. The smallest absolute Gasteiger partial charge is 0.310 e. The van der Waals surface area contributed by atoms with Crippen LogP contribution in [-0.4, -0.2) is 37.2 Å². The molecule has 0 aromatic carbocycles. The Morgan fingerprint density at radius 3 is 0.836 bits per heavy atom. The van der Waals surface area contributed by atoms with Gasteiger partial charge in [0.1, 0.15) is 13.2 Å². The van der Waals surface area contributed by atoms with E-state index in [0.29, 0.717) is 19.3 Å². The van der Waals surface area contributed by atoms with E-state index in [1.165, 1.54) is 38.5 Å². The molecule has 0 bridgehead atoms. The first-order valence-electron chi connectivity index (χ1n) is 29.0. The highest BCUT2D eigenvalue weighted by Crippen LogP contribution is 2.13. The number of esters is 3. The fourth-order valence-corrected chi connectivity index (χ4v) is 7.32. The number of carbonyl (C=O) groups excluding carboxylic acids is 3. The molecule has 0 rings (SSSR count). The van der Waals surface area contributed by atoms with Gasteiger partial charge in [-0.15, -0.1) is 0 Å². The van der Waals surface area contributed by atoms with Gasteiger partial charge >= 0.3 is 17.9 Å². The maximum Gasteiger partial charge on any atom is 0.310 e. The van der Waals surface area contributed by atoms with Gasteiger partial charge in [-0.2, -0.15) is 0 Å². The van der Waals surface area contributed by atoms with E-state index in [4.69, 9.17) is 14.2 Å². The predicted octanol–water partition coefficient (Wildman–Crippen LogP) is 19.8. The molecule has 6 nitrogen and oxygen atoms in total. The summed E-state index contributed by atoms with van der Waals surface area (Å²) < 4.78 is 16.7. The summed E-state index contributed by atoms with van der Waals surface area (Å²) in [5.41, 5.74) is 0. The van der Waals surface area contributed by atoms with Gasteiger partial charge in [0.25, 0.3) is 0 Å². The molecule has 0 heterocycles. The monoisotopic (exact) mass is 1000 g/mol. The van der Waals surface area contributed by atoms with Gasteiger partial charge in [0.2, 0.25) is 0 Å². The zero-order valence-corrected chi connectivity index (χ0v) is 46.6. The van der Waals surface area contributed by atoms with Crippen LogP contribution in [0.5, 0.6) is 0 Å². The van der Waals surface area contributed by atoms with Crippen molar-refractivity contribution < 1.29 is 28.6 Å². The highest BCUT2D eigenvalue weighted by Gasteiger charge is 2.19. The van der Waals surface area contributed by atoms with Crippen LogP contribution in [0.2, 0.25) is 0 Å². The molecule has 0 radical (unpaired) electrons. The van der Waals surface area contributed by atoms with E-state index < -0.39 is 12.1 Å². The Kier molecular flexibility index (Phi) is 55.5. The minimum atomic E-state index is -0.850. The Hall–Kier alpha value is -4.97. The SMILES string of the molecule is CC/C=C\C/C=C\C/C=C\C/C=C\C/C=C\CCCCCCCCCCCC(=O)OCC(COC(=O)CCCCCCC/C=C\C/C=C\C/C=C\CC)OC(=O)C/C=C\C/C=C\C/C=C\C/C=C\C/C=C\CC. The minimum absolute atomic E-state index is 0.0841. The summed E-state index contributed by atoms with van der Waals surface area (Å²) in [6, 6.07) is 0. The lowest BCUT2D eigenvalue weighted by Crippen LogP contribution is -2.30. The third-order valence-corrected chi connectivity index (χ3v) is 11.5. The first-order valence-corrected chi connectivity index (χ1v) is 29.0. The van der Waals surface area contributed by atoms with E-state index in [9.17, 15) is 14.4 Å². The Morgan fingerprint density at radius 1 is 0.288 bits per heavy atom. The quantitative estimate of drug-likeness (QED) is 0.0261. The van der Waals surface area contributed by atoms with Crippen LogP contribution in [0.3, 0.4) is 0 Å². The van der Waals surface area contributed by atoms with Crippen LogP contribution in [0.1, 0.15) is 226 Å². The van der Waals surface area contributed by atoms with Crippen LogP contribution in [0.4, 0.5) is 0 Å². The Balaban J connectivity index is 4.47. The van der Waals surface area contributed by atoms with Crippen LogP contribution in [-0.2, 0) is 28.6 Å². The van der Waals surface area contributed by atoms with E-state index in [0.717, 1.165) is 141 Å². The Labute approximate surface area is 448 Å². The first-order chi connectivity index (χ1) is 36.0. The fraction of sp³-hybridized carbons (Fsp3) is 0.567. The molecule has 0 spiro atoms. The first kappa shape index (κ1) is 68.0. The van der Waals surface area contributed by atoms with Gasteiger partial charge in [0.05, 0.1) is 6.42 Å². The van der Waals surface area contributed by atoms with Gasteiger partial charge < -0.3 is 14.2 Å². The van der Waals surface area contributed by atoms with Gasteiger partial charge in [0.15, 0.2) is 6.10 Å². The second kappa shape index (κ2) is 59.6. The fourth-order valence-electron chi connectivity index (χ4n) is 7.32. The molecular weight excluding hydrogens is 901 g/mol. The van der Waals surface area contributed by atoms with Crippen LogP contribution < -0.4 is 0 Å². The highest BCUT2D eigenvalue weighted by atomic mass is 16.6. The van der Waals surface area contributed by atoms with Crippen molar-refractivity contribution in [3.05, 3.63) is 158 Å². The van der Waals surface area contributed by atoms with Crippen molar-refractivity contribution in [2.75, 3.05) is 13.2 Å². The molecule has 0 fully saturated rings. The van der Waals surface area contributed by atoms with Gasteiger partial charge in [-0.05, 0) is 122 Å². The second-order valence-electron chi connectivity index (χ2n) is 18.4. The Morgan fingerprint density at radius 2 is 0.534 bits per heavy atom. The van der Waals surface area contributed by atoms with Gasteiger partial charge in [0, 0.05) is 12.8 Å². The van der Waals surface area contributed by atoms with Crippen molar-refractivity contribution in [1.29, 1.82) is 0 Å². The number of allylic oxidation sites excluding steroid dienone is 25. The van der Waals surface area contributed by atoms with Gasteiger partial charge in [-0.25, -0.2) is 0 Å². The topological polar surface area (TPSA) is 78.9 Å². The average molecular weight is 1010 g/mol. The summed E-state index contributed by atoms with van der Waals surface area (Å²) in [6.45, 7) is 6.18. The number of hydrogen-bond acceptors (Lipinski definition) is 6. The second-order valence-corrected chi connectivity index (χ2v) is 18.4. The zero-order valence-electron chi connectivity index (χ0n) is 46.6. The van der Waals surface area contributed by atoms with Crippen molar-refractivity contribution in [2.45, 2.75) is 232 Å². The molecule has 0 amide bonds. The summed E-state index contributed by atoms with van der Waals surface area (Å²) in [5.74, 6) is -1.09. The molecule has 0 aliphatic carbocycles. The molecule has 408 valence electrons. The highest BCUT2D eigenvalue weighted by molar-refractivity contribution is 5.72. The third-order valence-electron chi connectivity index (χ3n) is 11.5. The maximum absolute atomic E-state index is 12.8. The van der Waals surface area contributed by atoms with Crippen molar-refractivity contribution >= 4 is 17.9 Å². The lowest BCUT2D eigenvalue weighted by Gasteiger charge is -2.18. The van der Waals surface area contributed by atoms with E-state index in [1.54, 1.807) is 6.08 Å². The number of rotatable bonds is 50. The van der Waals surface area contributed by atoms with Crippen LogP contribution >= 0.6 is 0 Å². The molecule has 0 aliphatic heterocycles. The van der Waals surface area contributed by atoms with Crippen LogP contribution in [0.15, 0.2) is 158 Å². The molecule has 0 aromatic heterocycles. The summed E-state index contributed by atoms with van der Waals surface area (Å²) in [5, 5.41) is 0. The standard InChI is InChI=1S/C67H104O6/c1-4-7-10-13-16-19-22-25-28-29-30-31-32-33-34-35-36-37-40-42-45-48-51-54-57-60-66(69)72-63-64(73-67(70)61-58-55-52-49-46-43-39-27-24-21-18-15-12-9-6-3)62-71-65(68)59-56-53-50-47-44-41-38-26-23-20-17-14-11-8-5-2/h7-12,16-21,25-28,30-31,33-34,38-39,46,49,55,58,64H,4-6,13-15,22-24,29,32,35-37,40-45,47-48,50-54,56-57,59-63H2,1-3H3/b10-7-,11-8-,12-9-,19-16-,20-17-,21-18-,28-25-,31-30-,34-33-,38-26-,39-27-,49-46-,58-55-. The lowest BCUT2D eigenvalue weighted by molar-refractivity contribution is -0.166. The molecule has 0 aromatic rings. The molecular formula is C67H104O6. The van der Waals surface area contributed by atoms with Crippen LogP contribution in [0.25, 0.3) is 0 Å². The molecule has 0 saturated heterocycles. The lowest BCUT2D eigenvalue weighted by atomic mass is 10.1. The van der Waals surface area contributed by atoms with E-state index >= 15 is 0 Å². The van der Waals surface area contributed by atoms with Crippen molar-refractivity contribution in [1.82, 2.24) is 0 Å². The molecule has 73 heavy (non-hydrogen) atoms. The van der Waals surface area contributed by atoms with E-state index in [1.807, 2.05) is 6.08 Å². The van der Waals surface area contributed by atoms with Crippen molar-refractivity contribution in [3.63, 3.8) is 0 Å². The summed E-state index contributed by atoms with van der Waals surface area (Å²) in [6.07, 6.45) is 86.9. The molecule has 1 atom stereocenters. The van der Waals surface area contributed by atoms with Gasteiger partial charge in [-0.1, -0.05) is 243 Å². The van der Waals surface area contributed by atoms with Gasteiger partial charge in [-0.3, -0.25) is 14.4 Å². The molecule has 0 N–H and O–H groups in total. The summed E-state index contributed by atoms with van der Waals surface area (Å²) in [7, 11) is 0. The predicted molar refractivity (Wildman–Crippen MR) is 315 cm³/mol. The number of unbranched alkanes of at least 4 members (excludes halogenated alkanes) is 14. The average Bonchev–Trinajstić information content (AvgIpc) is 3.39. The molecule has 0 saturated carbocycles. The van der Waals surface area contributed by atoms with Crippen LogP contribution in [0, 0.1) is 0 Å². The zero-order chi connectivity index (χ0) is 52.9. The molecule has 6 heteroatoms. The largest absolute Gasteiger partial charge is 0.462 e. The normalized spacial score (nSPS) is 13.3. The maximum atomic E-state index is 12.8. The Bertz CT molecular complexity index is 1670. The summed E-state index contributed by atoms with van der Waals surface area (Å²) >= 11 is 0. The van der Waals surface area contributed by atoms with Crippen molar-refractivity contribution in [2.24, 2.45) is 0 Å².